The third-order valence-corrected chi connectivity index (χ3v) is 4.34. The Morgan fingerprint density at radius 3 is 2.06 bits per heavy atom. The van der Waals surface area contributed by atoms with Crippen molar-refractivity contribution in [3.63, 3.8) is 0 Å². The molecule has 3 amide bonds. The molecular weight excluding hydrogens is 446 g/mol. The number of halogens is 1. The SMILES string of the molecule is C[C@H](NC(=O)OCc1ccccc1)C(=O)N[C@@H](C)C(=O)N[C@@H](CC(=O)O)C(=O)C(=O)CCl. The number of hydrogen-bond donors (Lipinski definition) is 4. The van der Waals surface area contributed by atoms with Gasteiger partial charge in [0.15, 0.2) is 0 Å². The van der Waals surface area contributed by atoms with E-state index < -0.39 is 65.9 Å². The van der Waals surface area contributed by atoms with Gasteiger partial charge in [0, 0.05) is 0 Å². The Balaban J connectivity index is 2.57. The number of nitrogens with one attached hydrogen (secondary N) is 3. The first-order chi connectivity index (χ1) is 15.0. The predicted molar refractivity (Wildman–Crippen MR) is 112 cm³/mol. The third-order valence-electron chi connectivity index (χ3n) is 4.10. The fraction of sp³-hybridized carbons (Fsp3) is 0.400. The number of hydrogen-bond acceptors (Lipinski definition) is 7. The maximum absolute atomic E-state index is 12.3. The molecule has 0 fully saturated rings. The first kappa shape index (κ1) is 26.6. The molecule has 0 aliphatic rings. The Bertz CT molecular complexity index is 862. The average Bonchev–Trinajstić information content (AvgIpc) is 2.76. The molecule has 0 saturated carbocycles. The van der Waals surface area contributed by atoms with Gasteiger partial charge in [0.25, 0.3) is 0 Å². The smallest absolute Gasteiger partial charge is 0.408 e. The molecule has 12 heteroatoms. The van der Waals surface area contributed by atoms with Crippen LogP contribution >= 0.6 is 11.6 Å². The minimum Gasteiger partial charge on any atom is -0.481 e. The lowest BCUT2D eigenvalue weighted by Gasteiger charge is -2.21. The van der Waals surface area contributed by atoms with Crippen molar-refractivity contribution in [1.82, 2.24) is 16.0 Å². The van der Waals surface area contributed by atoms with Crippen LogP contribution in [0.5, 0.6) is 0 Å². The number of amides is 3. The van der Waals surface area contributed by atoms with Gasteiger partial charge in [0.1, 0.15) is 24.7 Å². The zero-order chi connectivity index (χ0) is 24.3. The largest absolute Gasteiger partial charge is 0.481 e. The van der Waals surface area contributed by atoms with Crippen LogP contribution in [0.1, 0.15) is 25.8 Å². The first-order valence-electron chi connectivity index (χ1n) is 9.47. The van der Waals surface area contributed by atoms with Crippen LogP contribution in [-0.4, -0.2) is 64.6 Å². The second kappa shape index (κ2) is 13.1. The van der Waals surface area contributed by atoms with E-state index in [-0.39, 0.29) is 6.61 Å². The highest BCUT2D eigenvalue weighted by Crippen LogP contribution is 2.02. The number of carboxylic acids is 1. The Kier molecular flexibility index (Phi) is 10.8. The number of alkyl halides is 1. The molecule has 3 atom stereocenters. The Morgan fingerprint density at radius 1 is 0.938 bits per heavy atom. The summed E-state index contributed by atoms with van der Waals surface area (Å²) < 4.78 is 5.01. The number of rotatable bonds is 12. The van der Waals surface area contributed by atoms with Gasteiger partial charge in [-0.1, -0.05) is 30.3 Å². The maximum Gasteiger partial charge on any atom is 0.408 e. The van der Waals surface area contributed by atoms with Crippen LogP contribution in [0.4, 0.5) is 4.79 Å². The highest BCUT2D eigenvalue weighted by Gasteiger charge is 2.30. The first-order valence-corrected chi connectivity index (χ1v) is 10.0. The molecule has 1 aromatic rings. The lowest BCUT2D eigenvalue weighted by molar-refractivity contribution is -0.143. The van der Waals surface area contributed by atoms with Gasteiger partial charge in [-0.25, -0.2) is 4.79 Å². The van der Waals surface area contributed by atoms with E-state index in [0.717, 1.165) is 5.56 Å². The van der Waals surface area contributed by atoms with Crippen LogP contribution in [0.3, 0.4) is 0 Å². The van der Waals surface area contributed by atoms with E-state index in [1.54, 1.807) is 24.3 Å². The van der Waals surface area contributed by atoms with Crippen LogP contribution in [0.2, 0.25) is 0 Å². The molecule has 11 nitrogen and oxygen atoms in total. The molecule has 0 radical (unpaired) electrons. The summed E-state index contributed by atoms with van der Waals surface area (Å²) in [6.07, 6.45) is -1.68. The summed E-state index contributed by atoms with van der Waals surface area (Å²) >= 11 is 5.30. The highest BCUT2D eigenvalue weighted by atomic mass is 35.5. The number of aliphatic carboxylic acids is 1. The van der Waals surface area contributed by atoms with Crippen LogP contribution < -0.4 is 16.0 Å². The van der Waals surface area contributed by atoms with Gasteiger partial charge < -0.3 is 25.8 Å². The highest BCUT2D eigenvalue weighted by molar-refractivity contribution is 6.48. The molecule has 0 saturated heterocycles. The van der Waals surface area contributed by atoms with E-state index in [9.17, 15) is 28.8 Å². The lowest BCUT2D eigenvalue weighted by Crippen LogP contribution is -2.55. The van der Waals surface area contributed by atoms with Gasteiger partial charge in [0.05, 0.1) is 12.3 Å². The van der Waals surface area contributed by atoms with Gasteiger partial charge in [-0.15, -0.1) is 11.6 Å². The summed E-state index contributed by atoms with van der Waals surface area (Å²) in [4.78, 5) is 70.6. The number of carboxylic acid groups (broad SMARTS) is 1. The normalized spacial score (nSPS) is 13.1. The number of Topliss-reactive ketones (excluding diaryl/α,β-unsaturated/α-hetero) is 2. The minimum absolute atomic E-state index is 0.000161. The fourth-order valence-electron chi connectivity index (χ4n) is 2.35. The monoisotopic (exact) mass is 469 g/mol. The zero-order valence-corrected chi connectivity index (χ0v) is 18.2. The molecular formula is C20H24ClN3O8. The van der Waals surface area contributed by atoms with E-state index in [0.29, 0.717) is 0 Å². The molecule has 1 rings (SSSR count). The van der Waals surface area contributed by atoms with Crippen molar-refractivity contribution in [3.8, 4) is 0 Å². The topological polar surface area (TPSA) is 168 Å². The molecule has 4 N–H and O–H groups in total. The Morgan fingerprint density at radius 2 is 1.50 bits per heavy atom. The number of carbonyl (C=O) groups is 6. The van der Waals surface area contributed by atoms with Crippen LogP contribution in [0.25, 0.3) is 0 Å². The van der Waals surface area contributed by atoms with E-state index in [1.807, 2.05) is 6.07 Å². The van der Waals surface area contributed by atoms with Gasteiger partial charge in [-0.2, -0.15) is 0 Å². The van der Waals surface area contributed by atoms with Gasteiger partial charge in [-0.05, 0) is 19.4 Å². The molecule has 0 unspecified atom stereocenters. The molecule has 0 aromatic heterocycles. The van der Waals surface area contributed by atoms with Gasteiger partial charge in [0.2, 0.25) is 23.4 Å². The van der Waals surface area contributed by atoms with E-state index in [1.165, 1.54) is 13.8 Å². The number of benzene rings is 1. The molecule has 0 heterocycles. The zero-order valence-electron chi connectivity index (χ0n) is 17.4. The van der Waals surface area contributed by atoms with E-state index in [2.05, 4.69) is 16.0 Å². The standard InChI is InChI=1S/C20H24ClN3O8/c1-11(19(30)24-14(8-16(26)27)17(28)15(25)9-21)22-18(29)12(2)23-20(31)32-10-13-6-4-3-5-7-13/h3-7,11-12,14H,8-10H2,1-2H3,(H,22,29)(H,23,31)(H,24,30)(H,26,27)/t11-,12-,14-/m0/s1. The Labute approximate surface area is 188 Å². The molecule has 0 aliphatic carbocycles. The molecule has 174 valence electrons. The van der Waals surface area contributed by atoms with Crippen LogP contribution in [0, 0.1) is 0 Å². The van der Waals surface area contributed by atoms with Gasteiger partial charge >= 0.3 is 12.1 Å². The third kappa shape index (κ3) is 9.13. The molecule has 32 heavy (non-hydrogen) atoms. The number of carbonyl (C=O) groups excluding carboxylic acids is 5. The summed E-state index contributed by atoms with van der Waals surface area (Å²) in [7, 11) is 0. The molecule has 0 spiro atoms. The Hall–Kier alpha value is -3.47. The summed E-state index contributed by atoms with van der Waals surface area (Å²) in [6, 6.07) is 4.97. The van der Waals surface area contributed by atoms with Crippen LogP contribution in [-0.2, 0) is 35.3 Å². The number of ketones is 2. The average molecular weight is 470 g/mol. The quantitative estimate of drug-likeness (QED) is 0.247. The number of ether oxygens (including phenoxy) is 1. The van der Waals surface area contributed by atoms with Crippen molar-refractivity contribution in [1.29, 1.82) is 0 Å². The van der Waals surface area contributed by atoms with Crippen LogP contribution in [0.15, 0.2) is 30.3 Å². The second-order valence-corrected chi connectivity index (χ2v) is 7.01. The summed E-state index contributed by atoms with van der Waals surface area (Å²) in [5.74, 6) is -5.94. The molecule has 1 aromatic carbocycles. The number of alkyl carbamates (subject to hydrolysis) is 1. The van der Waals surface area contributed by atoms with E-state index in [4.69, 9.17) is 21.4 Å². The summed E-state index contributed by atoms with van der Waals surface area (Å²) in [5, 5.41) is 15.6. The van der Waals surface area contributed by atoms with Crippen molar-refractivity contribution in [2.45, 2.75) is 45.0 Å². The van der Waals surface area contributed by atoms with Crippen molar-refractivity contribution < 1.29 is 38.6 Å². The van der Waals surface area contributed by atoms with Crippen molar-refractivity contribution in [3.05, 3.63) is 35.9 Å². The molecule has 0 bridgehead atoms. The van der Waals surface area contributed by atoms with Crippen molar-refractivity contribution >= 4 is 47.0 Å². The summed E-state index contributed by atoms with van der Waals surface area (Å²) in [5.41, 5.74) is 0.753. The maximum atomic E-state index is 12.3. The van der Waals surface area contributed by atoms with Crippen molar-refractivity contribution in [2.24, 2.45) is 0 Å². The lowest BCUT2D eigenvalue weighted by atomic mass is 10.1. The van der Waals surface area contributed by atoms with Crippen molar-refractivity contribution in [2.75, 3.05) is 5.88 Å². The summed E-state index contributed by atoms with van der Waals surface area (Å²) in [6.45, 7) is 2.64. The van der Waals surface area contributed by atoms with E-state index >= 15 is 0 Å². The van der Waals surface area contributed by atoms with Gasteiger partial charge in [-0.3, -0.25) is 24.0 Å². The fourth-order valence-corrected chi connectivity index (χ4v) is 2.48. The predicted octanol–water partition coefficient (Wildman–Crippen LogP) is 0.143. The second-order valence-electron chi connectivity index (χ2n) is 6.74. The molecule has 0 aliphatic heterocycles. The minimum atomic E-state index is -1.63.